The lowest BCUT2D eigenvalue weighted by molar-refractivity contribution is 0.144. The summed E-state index contributed by atoms with van der Waals surface area (Å²) in [7, 11) is 3.19. The van der Waals surface area contributed by atoms with E-state index in [2.05, 4.69) is 30.5 Å². The van der Waals surface area contributed by atoms with Crippen LogP contribution < -0.4 is 20.1 Å². The average molecular weight is 378 g/mol. The Morgan fingerprint density at radius 3 is 2.54 bits per heavy atom. The molecule has 0 spiro atoms. The van der Waals surface area contributed by atoms with Crippen LogP contribution in [0, 0.1) is 13.8 Å². The Morgan fingerprint density at radius 1 is 1.15 bits per heavy atom. The maximum Gasteiger partial charge on any atom is 0.319 e. The molecule has 26 heavy (non-hydrogen) atoms. The number of nitrogens with one attached hydrogen (secondary N) is 2. The van der Waals surface area contributed by atoms with E-state index in [9.17, 15) is 4.79 Å². The summed E-state index contributed by atoms with van der Waals surface area (Å²) in [6, 6.07) is 7.03. The zero-order valence-corrected chi connectivity index (χ0v) is 16.7. The molecule has 7 heteroatoms. The molecule has 6 nitrogen and oxygen atoms in total. The molecule has 2 aromatic rings. The number of ether oxygens (including phenoxy) is 3. The van der Waals surface area contributed by atoms with Crippen molar-refractivity contribution >= 4 is 23.1 Å². The first-order valence-corrected chi connectivity index (χ1v) is 9.20. The molecule has 1 unspecified atom stereocenters. The van der Waals surface area contributed by atoms with Crippen molar-refractivity contribution < 1.29 is 19.0 Å². The normalized spacial score (nSPS) is 11.7. The molecule has 1 aromatic heterocycles. The summed E-state index contributed by atoms with van der Waals surface area (Å²) >= 11 is 1.73. The predicted molar refractivity (Wildman–Crippen MR) is 105 cm³/mol. The van der Waals surface area contributed by atoms with Gasteiger partial charge in [0.15, 0.2) is 11.5 Å². The van der Waals surface area contributed by atoms with Gasteiger partial charge in [-0.1, -0.05) is 0 Å². The Kier molecular flexibility index (Phi) is 7.29. The number of carbonyl (C=O) groups is 1. The summed E-state index contributed by atoms with van der Waals surface area (Å²) in [5, 5.41) is 5.80. The minimum atomic E-state index is -0.270. The fourth-order valence-corrected chi connectivity index (χ4v) is 3.65. The highest BCUT2D eigenvalue weighted by Gasteiger charge is 2.14. The van der Waals surface area contributed by atoms with Crippen LogP contribution in [0.4, 0.5) is 10.5 Å². The molecule has 1 atom stereocenters. The summed E-state index contributed by atoms with van der Waals surface area (Å²) in [5.41, 5.74) is 1.77. The van der Waals surface area contributed by atoms with Crippen LogP contribution in [0.1, 0.15) is 28.3 Å². The molecule has 0 aliphatic heterocycles. The van der Waals surface area contributed by atoms with Crippen molar-refractivity contribution in [3.05, 3.63) is 39.6 Å². The van der Waals surface area contributed by atoms with E-state index >= 15 is 0 Å². The first kappa shape index (κ1) is 20.1. The van der Waals surface area contributed by atoms with E-state index < -0.39 is 0 Å². The number of methoxy groups -OCH3 is 2. The largest absolute Gasteiger partial charge is 0.493 e. The van der Waals surface area contributed by atoms with E-state index in [0.717, 1.165) is 5.56 Å². The molecule has 2 N–H and O–H groups in total. The van der Waals surface area contributed by atoms with E-state index in [-0.39, 0.29) is 12.1 Å². The maximum absolute atomic E-state index is 12.3. The minimum absolute atomic E-state index is 0.0735. The fourth-order valence-electron chi connectivity index (χ4n) is 2.62. The van der Waals surface area contributed by atoms with Crippen LogP contribution >= 0.6 is 11.3 Å². The predicted octanol–water partition coefficient (Wildman–Crippen LogP) is 4.28. The van der Waals surface area contributed by atoms with Crippen LogP contribution in [0.15, 0.2) is 24.3 Å². The molecular formula is C19H26N2O4S. The standard InChI is InChI=1S/C19H26N2O4S/c1-12-10-16(14(3)26-12)13(2)20-19(22)21-15-6-7-17(24-5)18(11-15)25-9-8-23-4/h6-7,10-11,13H,8-9H2,1-5H3,(H2,20,21,22). The number of hydrogen-bond donors (Lipinski definition) is 2. The number of carbonyl (C=O) groups excluding carboxylic acids is 1. The van der Waals surface area contributed by atoms with Gasteiger partial charge >= 0.3 is 6.03 Å². The van der Waals surface area contributed by atoms with Crippen molar-refractivity contribution in [3.63, 3.8) is 0 Å². The Labute approximate surface area is 158 Å². The van der Waals surface area contributed by atoms with Gasteiger partial charge in [0, 0.05) is 28.6 Å². The van der Waals surface area contributed by atoms with Crippen LogP contribution in [0.5, 0.6) is 11.5 Å². The van der Waals surface area contributed by atoms with Crippen LogP contribution in [0.2, 0.25) is 0 Å². The zero-order valence-electron chi connectivity index (χ0n) is 15.8. The van der Waals surface area contributed by atoms with Gasteiger partial charge in [-0.15, -0.1) is 11.3 Å². The second-order valence-electron chi connectivity index (χ2n) is 5.90. The van der Waals surface area contributed by atoms with Crippen molar-refractivity contribution in [1.82, 2.24) is 5.32 Å². The molecule has 0 fully saturated rings. The molecule has 0 saturated carbocycles. The van der Waals surface area contributed by atoms with Crippen molar-refractivity contribution in [2.24, 2.45) is 0 Å². The topological polar surface area (TPSA) is 68.8 Å². The molecule has 142 valence electrons. The van der Waals surface area contributed by atoms with Gasteiger partial charge in [0.1, 0.15) is 6.61 Å². The van der Waals surface area contributed by atoms with Gasteiger partial charge in [-0.3, -0.25) is 0 Å². The molecule has 2 rings (SSSR count). The molecule has 1 aromatic carbocycles. The minimum Gasteiger partial charge on any atom is -0.493 e. The van der Waals surface area contributed by atoms with E-state index in [4.69, 9.17) is 14.2 Å². The highest BCUT2D eigenvalue weighted by atomic mass is 32.1. The second kappa shape index (κ2) is 9.45. The summed E-state index contributed by atoms with van der Waals surface area (Å²) in [6.07, 6.45) is 0. The van der Waals surface area contributed by atoms with E-state index in [1.807, 2.05) is 6.92 Å². The Balaban J connectivity index is 2.01. The molecule has 0 aliphatic rings. The SMILES string of the molecule is COCCOc1cc(NC(=O)NC(C)c2cc(C)sc2C)ccc1OC. The number of benzene rings is 1. The highest BCUT2D eigenvalue weighted by molar-refractivity contribution is 7.12. The third-order valence-corrected chi connectivity index (χ3v) is 4.84. The van der Waals surface area contributed by atoms with Crippen LogP contribution in [-0.2, 0) is 4.74 Å². The number of anilines is 1. The number of rotatable bonds is 8. The van der Waals surface area contributed by atoms with Crippen molar-refractivity contribution in [2.75, 3.05) is 32.8 Å². The lowest BCUT2D eigenvalue weighted by Gasteiger charge is -2.16. The number of hydrogen-bond acceptors (Lipinski definition) is 5. The molecule has 0 saturated heterocycles. The number of aryl methyl sites for hydroxylation is 2. The first-order valence-electron chi connectivity index (χ1n) is 8.38. The number of urea groups is 1. The van der Waals surface area contributed by atoms with Crippen molar-refractivity contribution in [1.29, 1.82) is 0 Å². The quantitative estimate of drug-likeness (QED) is 0.673. The molecule has 1 heterocycles. The Morgan fingerprint density at radius 2 is 1.92 bits per heavy atom. The third kappa shape index (κ3) is 5.37. The summed E-state index contributed by atoms with van der Waals surface area (Å²) < 4.78 is 15.9. The highest BCUT2D eigenvalue weighted by Crippen LogP contribution is 2.30. The van der Waals surface area contributed by atoms with Crippen LogP contribution in [0.25, 0.3) is 0 Å². The molecular weight excluding hydrogens is 352 g/mol. The van der Waals surface area contributed by atoms with Crippen molar-refractivity contribution in [2.45, 2.75) is 26.8 Å². The van der Waals surface area contributed by atoms with Gasteiger partial charge in [0.2, 0.25) is 0 Å². The molecule has 2 amide bonds. The molecule has 0 radical (unpaired) electrons. The fraction of sp³-hybridized carbons (Fsp3) is 0.421. The van der Waals surface area contributed by atoms with Gasteiger partial charge in [-0.05, 0) is 44.5 Å². The zero-order chi connectivity index (χ0) is 19.1. The lowest BCUT2D eigenvalue weighted by Crippen LogP contribution is -2.31. The van der Waals surface area contributed by atoms with E-state index in [1.165, 1.54) is 9.75 Å². The molecule has 0 bridgehead atoms. The van der Waals surface area contributed by atoms with Crippen LogP contribution in [-0.4, -0.2) is 33.5 Å². The lowest BCUT2D eigenvalue weighted by atomic mass is 10.1. The summed E-state index contributed by atoms with van der Waals surface area (Å²) in [4.78, 5) is 14.8. The molecule has 0 aliphatic carbocycles. The third-order valence-electron chi connectivity index (χ3n) is 3.86. The van der Waals surface area contributed by atoms with Gasteiger partial charge < -0.3 is 24.8 Å². The van der Waals surface area contributed by atoms with Crippen molar-refractivity contribution in [3.8, 4) is 11.5 Å². The van der Waals surface area contributed by atoms with E-state index in [1.54, 1.807) is 43.8 Å². The summed E-state index contributed by atoms with van der Waals surface area (Å²) in [5.74, 6) is 1.16. The van der Waals surface area contributed by atoms with E-state index in [0.29, 0.717) is 30.4 Å². The maximum atomic E-state index is 12.3. The Hall–Kier alpha value is -2.25. The smallest absolute Gasteiger partial charge is 0.319 e. The number of amides is 2. The Bertz CT molecular complexity index is 745. The first-order chi connectivity index (χ1) is 12.4. The number of thiophene rings is 1. The average Bonchev–Trinajstić information content (AvgIpc) is 2.94. The van der Waals surface area contributed by atoms with Gasteiger partial charge in [-0.25, -0.2) is 4.79 Å². The van der Waals surface area contributed by atoms with Gasteiger partial charge in [0.05, 0.1) is 19.8 Å². The van der Waals surface area contributed by atoms with Crippen LogP contribution in [0.3, 0.4) is 0 Å². The van der Waals surface area contributed by atoms with Gasteiger partial charge in [-0.2, -0.15) is 0 Å². The monoisotopic (exact) mass is 378 g/mol. The second-order valence-corrected chi connectivity index (χ2v) is 7.36. The summed E-state index contributed by atoms with van der Waals surface area (Å²) in [6.45, 7) is 6.97. The van der Waals surface area contributed by atoms with Gasteiger partial charge in [0.25, 0.3) is 0 Å².